The quantitative estimate of drug-likeness (QED) is 0.642. The number of rotatable bonds is 4. The Bertz CT molecular complexity index is 778. The molecule has 0 aliphatic rings. The lowest BCUT2D eigenvalue weighted by molar-refractivity contribution is -0.375. The van der Waals surface area contributed by atoms with Crippen LogP contribution in [0.15, 0.2) is 64.9 Å². The highest BCUT2D eigenvalue weighted by atomic mass is 32.2. The lowest BCUT2D eigenvalue weighted by Gasteiger charge is -2.02. The molecule has 0 saturated carbocycles. The Labute approximate surface area is 122 Å². The molecule has 0 N–H and O–H groups in total. The van der Waals surface area contributed by atoms with Crippen LogP contribution in [0.4, 0.5) is 0 Å². The van der Waals surface area contributed by atoms with E-state index in [4.69, 9.17) is 0 Å². The molecule has 0 saturated heterocycles. The van der Waals surface area contributed by atoms with Gasteiger partial charge >= 0.3 is 0 Å². The summed E-state index contributed by atoms with van der Waals surface area (Å²) in [5.41, 5.74) is 0.713. The van der Waals surface area contributed by atoms with Crippen LogP contribution in [0.25, 0.3) is 5.70 Å². The Hall–Kier alpha value is -2.47. The zero-order valence-electron chi connectivity index (χ0n) is 11.3. The van der Waals surface area contributed by atoms with E-state index in [-0.39, 0.29) is 10.5 Å². The van der Waals surface area contributed by atoms with E-state index in [9.17, 15) is 18.5 Å². The first-order valence-corrected chi connectivity index (χ1v) is 7.68. The average Bonchev–Trinajstić information content (AvgIpc) is 2.46. The van der Waals surface area contributed by atoms with Gasteiger partial charge in [0, 0.05) is 0 Å². The highest BCUT2D eigenvalue weighted by Crippen LogP contribution is 2.20. The molecule has 0 radical (unpaired) electrons. The van der Waals surface area contributed by atoms with Crippen LogP contribution in [0.1, 0.15) is 11.1 Å². The second-order valence-corrected chi connectivity index (χ2v) is 6.28. The summed E-state index contributed by atoms with van der Waals surface area (Å²) in [5.74, 6) is 0. The fourth-order valence-corrected chi connectivity index (χ4v) is 2.94. The summed E-state index contributed by atoms with van der Waals surface area (Å²) in [6.45, 7) is 1.83. The van der Waals surface area contributed by atoms with Crippen LogP contribution in [0.5, 0.6) is 0 Å². The van der Waals surface area contributed by atoms with Crippen LogP contribution in [-0.4, -0.2) is 13.3 Å². The topological polar surface area (TPSA) is 77.3 Å². The predicted molar refractivity (Wildman–Crippen MR) is 79.8 cm³/mol. The van der Waals surface area contributed by atoms with E-state index in [1.807, 2.05) is 6.92 Å². The van der Waals surface area contributed by atoms with Crippen molar-refractivity contribution in [2.75, 3.05) is 0 Å². The normalized spacial score (nSPS) is 12.1. The van der Waals surface area contributed by atoms with E-state index in [2.05, 4.69) is 0 Å². The molecule has 6 heteroatoms. The zero-order valence-corrected chi connectivity index (χ0v) is 12.1. The average molecular weight is 303 g/mol. The van der Waals surface area contributed by atoms with Crippen molar-refractivity contribution in [2.45, 2.75) is 11.8 Å². The van der Waals surface area contributed by atoms with E-state index >= 15 is 0 Å². The van der Waals surface area contributed by atoms with Crippen molar-refractivity contribution >= 4 is 15.5 Å². The molecule has 0 heterocycles. The molecule has 0 amide bonds. The summed E-state index contributed by atoms with van der Waals surface area (Å²) in [6.07, 6.45) is 0. The third-order valence-corrected chi connectivity index (χ3v) is 4.35. The molecule has 2 aromatic rings. The van der Waals surface area contributed by atoms with Crippen LogP contribution in [0, 0.1) is 17.0 Å². The molecule has 0 fully saturated rings. The Kier molecular flexibility index (Phi) is 4.18. The maximum Gasteiger partial charge on any atom is 0.288 e. The third-order valence-electron chi connectivity index (χ3n) is 2.88. The van der Waals surface area contributed by atoms with Gasteiger partial charge in [0.05, 0.1) is 15.4 Å². The third kappa shape index (κ3) is 3.55. The summed E-state index contributed by atoms with van der Waals surface area (Å²) in [5, 5.41) is 11.8. The summed E-state index contributed by atoms with van der Waals surface area (Å²) >= 11 is 0. The van der Waals surface area contributed by atoms with Crippen molar-refractivity contribution in [3.63, 3.8) is 0 Å². The molecule has 0 spiro atoms. The van der Waals surface area contributed by atoms with Crippen molar-refractivity contribution < 1.29 is 13.3 Å². The maximum atomic E-state index is 12.3. The van der Waals surface area contributed by atoms with Gasteiger partial charge in [-0.25, -0.2) is 8.42 Å². The molecular weight excluding hydrogens is 290 g/mol. The van der Waals surface area contributed by atoms with Crippen molar-refractivity contribution in [3.05, 3.63) is 81.2 Å². The standard InChI is InChI=1S/C15H13NO4S/c1-12-7-9-14(10-8-12)21(19,20)11-15(16(17)18)13-5-3-2-4-6-13/h2-11H,1H3/b15-11+. The molecule has 2 rings (SSSR count). The fraction of sp³-hybridized carbons (Fsp3) is 0.0667. The Morgan fingerprint density at radius 1 is 1.05 bits per heavy atom. The highest BCUT2D eigenvalue weighted by Gasteiger charge is 2.21. The van der Waals surface area contributed by atoms with E-state index in [0.29, 0.717) is 5.41 Å². The SMILES string of the molecule is Cc1ccc(S(=O)(=O)/C=C(\c2ccccc2)[N+](=O)[O-])cc1. The second-order valence-electron chi connectivity index (χ2n) is 4.48. The van der Waals surface area contributed by atoms with Gasteiger partial charge in [0.2, 0.25) is 9.84 Å². The monoisotopic (exact) mass is 303 g/mol. The largest absolute Gasteiger partial charge is 0.288 e. The molecule has 0 atom stereocenters. The molecule has 0 aromatic heterocycles. The Morgan fingerprint density at radius 3 is 2.14 bits per heavy atom. The summed E-state index contributed by atoms with van der Waals surface area (Å²) in [6, 6.07) is 14.1. The van der Waals surface area contributed by atoms with Crippen LogP contribution >= 0.6 is 0 Å². The van der Waals surface area contributed by atoms with E-state index < -0.39 is 20.5 Å². The van der Waals surface area contributed by atoms with Gasteiger partial charge in [-0.2, -0.15) is 0 Å². The van der Waals surface area contributed by atoms with Gasteiger partial charge in [0.25, 0.3) is 5.70 Å². The van der Waals surface area contributed by atoms with E-state index in [1.54, 1.807) is 30.3 Å². The minimum Gasteiger partial charge on any atom is -0.258 e. The maximum absolute atomic E-state index is 12.3. The molecule has 108 valence electrons. The Balaban J connectivity index is 2.52. The number of nitro groups is 1. The second kappa shape index (κ2) is 5.88. The highest BCUT2D eigenvalue weighted by molar-refractivity contribution is 7.94. The number of sulfone groups is 1. The zero-order chi connectivity index (χ0) is 15.5. The molecule has 0 aliphatic carbocycles. The molecule has 0 bridgehead atoms. The van der Waals surface area contributed by atoms with E-state index in [0.717, 1.165) is 5.56 Å². The van der Waals surface area contributed by atoms with Gasteiger partial charge in [0.15, 0.2) is 0 Å². The van der Waals surface area contributed by atoms with E-state index in [1.165, 1.54) is 24.3 Å². The molecule has 0 unspecified atom stereocenters. The predicted octanol–water partition coefficient (Wildman–Crippen LogP) is 3.04. The number of benzene rings is 2. The minimum atomic E-state index is -3.87. The van der Waals surface area contributed by atoms with Crippen molar-refractivity contribution in [1.29, 1.82) is 0 Å². The van der Waals surface area contributed by atoms with Crippen molar-refractivity contribution in [1.82, 2.24) is 0 Å². The lowest BCUT2D eigenvalue weighted by Crippen LogP contribution is -2.04. The number of nitrogens with zero attached hydrogens (tertiary/aromatic N) is 1. The van der Waals surface area contributed by atoms with Crippen LogP contribution in [0.3, 0.4) is 0 Å². The first kappa shape index (κ1) is 14.9. The lowest BCUT2D eigenvalue weighted by atomic mass is 10.2. The Morgan fingerprint density at radius 2 is 1.62 bits per heavy atom. The van der Waals surface area contributed by atoms with Gasteiger partial charge < -0.3 is 0 Å². The van der Waals surface area contributed by atoms with Gasteiger partial charge in [-0.3, -0.25) is 10.1 Å². The summed E-state index contributed by atoms with van der Waals surface area (Å²) in [7, 11) is -3.87. The summed E-state index contributed by atoms with van der Waals surface area (Å²) < 4.78 is 24.5. The smallest absolute Gasteiger partial charge is 0.258 e. The van der Waals surface area contributed by atoms with Gasteiger partial charge in [0.1, 0.15) is 5.41 Å². The first-order chi connectivity index (χ1) is 9.90. The van der Waals surface area contributed by atoms with Crippen LogP contribution in [-0.2, 0) is 9.84 Å². The number of hydrogen-bond acceptors (Lipinski definition) is 4. The van der Waals surface area contributed by atoms with Gasteiger partial charge in [-0.05, 0) is 31.2 Å². The molecule has 0 aliphatic heterocycles. The molecule has 21 heavy (non-hydrogen) atoms. The minimum absolute atomic E-state index is 0.0309. The van der Waals surface area contributed by atoms with Gasteiger partial charge in [-0.15, -0.1) is 0 Å². The van der Waals surface area contributed by atoms with Crippen molar-refractivity contribution in [2.24, 2.45) is 0 Å². The van der Waals surface area contributed by atoms with Crippen LogP contribution < -0.4 is 0 Å². The first-order valence-electron chi connectivity index (χ1n) is 6.13. The fourth-order valence-electron chi connectivity index (χ4n) is 1.77. The van der Waals surface area contributed by atoms with Gasteiger partial charge in [-0.1, -0.05) is 35.9 Å². The number of aryl methyl sites for hydroxylation is 1. The molecular formula is C15H13NO4S. The number of hydrogen-bond donors (Lipinski definition) is 0. The molecule has 5 nitrogen and oxygen atoms in total. The van der Waals surface area contributed by atoms with Crippen LogP contribution in [0.2, 0.25) is 0 Å². The molecule has 2 aromatic carbocycles. The summed E-state index contributed by atoms with van der Waals surface area (Å²) in [4.78, 5) is 10.5. The van der Waals surface area contributed by atoms with Crippen molar-refractivity contribution in [3.8, 4) is 0 Å².